The van der Waals surface area contributed by atoms with Crippen LogP contribution in [-0.4, -0.2) is 18.6 Å². The fraction of sp³-hybridized carbons (Fsp3) is 0.522. The van der Waals surface area contributed by atoms with E-state index in [2.05, 4.69) is 18.3 Å². The van der Waals surface area contributed by atoms with E-state index in [1.807, 2.05) is 27.7 Å². The van der Waals surface area contributed by atoms with Crippen LogP contribution < -0.4 is 10.1 Å². The first kappa shape index (κ1) is 19.5. The van der Waals surface area contributed by atoms with Gasteiger partial charge in [-0.15, -0.1) is 0 Å². The molecular formula is C23H31NO3. The highest BCUT2D eigenvalue weighted by Crippen LogP contribution is 2.38. The molecule has 0 saturated heterocycles. The predicted molar refractivity (Wildman–Crippen MR) is 110 cm³/mol. The summed E-state index contributed by atoms with van der Waals surface area (Å²) in [7, 11) is 0. The Balaban J connectivity index is 1.96. The predicted octanol–water partition coefficient (Wildman–Crippen LogP) is 5.61. The molecule has 1 heterocycles. The van der Waals surface area contributed by atoms with E-state index in [1.54, 1.807) is 6.08 Å². The molecule has 1 aliphatic carbocycles. The van der Waals surface area contributed by atoms with Crippen molar-refractivity contribution in [3.63, 3.8) is 0 Å². The average Bonchev–Trinajstić information content (AvgIpc) is 2.93. The van der Waals surface area contributed by atoms with Crippen LogP contribution >= 0.6 is 0 Å². The van der Waals surface area contributed by atoms with Gasteiger partial charge in [-0.2, -0.15) is 0 Å². The third kappa shape index (κ3) is 4.05. The Bertz CT molecular complexity index is 870. The number of carbonyl (C=O) groups excluding carboxylic acids is 1. The number of benzene rings is 1. The summed E-state index contributed by atoms with van der Waals surface area (Å²) < 4.78 is 11.9. The highest BCUT2D eigenvalue weighted by atomic mass is 16.5. The van der Waals surface area contributed by atoms with Gasteiger partial charge in [-0.1, -0.05) is 19.3 Å². The third-order valence-electron chi connectivity index (χ3n) is 5.66. The molecule has 1 amide bonds. The number of hydrogen-bond donors (Lipinski definition) is 1. The van der Waals surface area contributed by atoms with Crippen molar-refractivity contribution in [2.45, 2.75) is 72.8 Å². The minimum Gasteiger partial charge on any atom is -0.493 e. The first-order valence-corrected chi connectivity index (χ1v) is 10.1. The zero-order valence-corrected chi connectivity index (χ0v) is 17.2. The van der Waals surface area contributed by atoms with Gasteiger partial charge in [0.05, 0.1) is 6.61 Å². The van der Waals surface area contributed by atoms with Crippen LogP contribution in [-0.2, 0) is 4.79 Å². The number of furan rings is 1. The molecule has 0 atom stereocenters. The van der Waals surface area contributed by atoms with Crippen LogP contribution in [0, 0.1) is 20.8 Å². The summed E-state index contributed by atoms with van der Waals surface area (Å²) in [6.45, 7) is 10.6. The molecule has 1 aliphatic rings. The Morgan fingerprint density at radius 2 is 1.93 bits per heavy atom. The molecule has 3 rings (SSSR count). The van der Waals surface area contributed by atoms with Crippen molar-refractivity contribution >= 4 is 22.4 Å². The number of ether oxygens (including phenoxy) is 1. The van der Waals surface area contributed by atoms with Crippen molar-refractivity contribution in [3.05, 3.63) is 34.6 Å². The molecule has 2 aromatic rings. The van der Waals surface area contributed by atoms with Gasteiger partial charge >= 0.3 is 0 Å². The summed E-state index contributed by atoms with van der Waals surface area (Å²) in [4.78, 5) is 12.5. The number of hydrogen-bond acceptors (Lipinski definition) is 3. The largest absolute Gasteiger partial charge is 0.493 e. The lowest BCUT2D eigenvalue weighted by molar-refractivity contribution is -0.117. The van der Waals surface area contributed by atoms with Crippen LogP contribution in [0.25, 0.3) is 16.5 Å². The maximum atomic E-state index is 12.5. The number of nitrogens with one attached hydrogen (secondary N) is 1. The first-order valence-electron chi connectivity index (χ1n) is 10.1. The Hall–Kier alpha value is -2.23. The van der Waals surface area contributed by atoms with Crippen molar-refractivity contribution in [2.75, 3.05) is 6.61 Å². The first-order chi connectivity index (χ1) is 12.9. The minimum absolute atomic E-state index is 0.0142. The molecule has 1 fully saturated rings. The molecule has 27 heavy (non-hydrogen) atoms. The topological polar surface area (TPSA) is 51.5 Å². The summed E-state index contributed by atoms with van der Waals surface area (Å²) in [5, 5.41) is 4.25. The second-order valence-electron chi connectivity index (χ2n) is 7.64. The van der Waals surface area contributed by atoms with Gasteiger partial charge in [-0.05, 0) is 64.7 Å². The molecule has 0 bridgehead atoms. The van der Waals surface area contributed by atoms with Crippen LogP contribution in [0.4, 0.5) is 0 Å². The van der Waals surface area contributed by atoms with E-state index in [0.717, 1.165) is 57.6 Å². The van der Waals surface area contributed by atoms with Crippen molar-refractivity contribution in [1.82, 2.24) is 5.32 Å². The average molecular weight is 370 g/mol. The van der Waals surface area contributed by atoms with Crippen LogP contribution in [0.3, 0.4) is 0 Å². The van der Waals surface area contributed by atoms with Crippen LogP contribution in [0.15, 0.2) is 16.6 Å². The second-order valence-corrected chi connectivity index (χ2v) is 7.64. The van der Waals surface area contributed by atoms with Gasteiger partial charge in [-0.25, -0.2) is 0 Å². The molecule has 0 radical (unpaired) electrons. The fourth-order valence-electron chi connectivity index (χ4n) is 4.00. The van der Waals surface area contributed by atoms with Crippen LogP contribution in [0.2, 0.25) is 0 Å². The molecule has 146 valence electrons. The number of amides is 1. The summed E-state index contributed by atoms with van der Waals surface area (Å²) in [5.41, 5.74) is 4.87. The zero-order valence-electron chi connectivity index (χ0n) is 17.2. The van der Waals surface area contributed by atoms with Gasteiger partial charge in [-0.3, -0.25) is 4.79 Å². The number of fused-ring (bicyclic) bond motifs is 1. The molecule has 1 N–H and O–H groups in total. The normalized spacial score (nSPS) is 16.0. The van der Waals surface area contributed by atoms with Gasteiger partial charge in [0.15, 0.2) is 0 Å². The maximum Gasteiger partial charge on any atom is 0.244 e. The molecule has 0 aliphatic heterocycles. The molecule has 4 nitrogen and oxygen atoms in total. The summed E-state index contributed by atoms with van der Waals surface area (Å²) in [5.74, 6) is 1.71. The Kier molecular flexibility index (Phi) is 5.93. The minimum atomic E-state index is -0.0142. The van der Waals surface area contributed by atoms with Gasteiger partial charge in [0.25, 0.3) is 0 Å². The van der Waals surface area contributed by atoms with Crippen LogP contribution in [0.1, 0.15) is 68.4 Å². The summed E-state index contributed by atoms with van der Waals surface area (Å²) in [6.07, 6.45) is 7.57. The maximum absolute atomic E-state index is 12.5. The quantitative estimate of drug-likeness (QED) is 0.697. The lowest BCUT2D eigenvalue weighted by Gasteiger charge is -2.22. The number of allylic oxidation sites excluding steroid dienone is 1. The van der Waals surface area contributed by atoms with E-state index >= 15 is 0 Å². The second kappa shape index (κ2) is 8.20. The third-order valence-corrected chi connectivity index (χ3v) is 5.66. The van der Waals surface area contributed by atoms with E-state index in [4.69, 9.17) is 9.15 Å². The fourth-order valence-corrected chi connectivity index (χ4v) is 4.00. The lowest BCUT2D eigenvalue weighted by atomic mass is 9.95. The van der Waals surface area contributed by atoms with E-state index in [0.29, 0.717) is 12.6 Å². The van der Waals surface area contributed by atoms with E-state index in [1.165, 1.54) is 19.3 Å². The molecule has 1 aromatic heterocycles. The Morgan fingerprint density at radius 3 is 2.59 bits per heavy atom. The monoisotopic (exact) mass is 369 g/mol. The lowest BCUT2D eigenvalue weighted by Crippen LogP contribution is -2.35. The molecule has 0 unspecified atom stereocenters. The van der Waals surface area contributed by atoms with Gasteiger partial charge in [0.1, 0.15) is 17.1 Å². The summed E-state index contributed by atoms with van der Waals surface area (Å²) >= 11 is 0. The Morgan fingerprint density at radius 1 is 1.22 bits per heavy atom. The van der Waals surface area contributed by atoms with Crippen molar-refractivity contribution in [3.8, 4) is 5.75 Å². The van der Waals surface area contributed by atoms with Gasteiger partial charge in [0.2, 0.25) is 5.91 Å². The highest BCUT2D eigenvalue weighted by Gasteiger charge is 2.19. The van der Waals surface area contributed by atoms with Crippen molar-refractivity contribution < 1.29 is 13.9 Å². The Labute approximate surface area is 162 Å². The SMILES string of the molecule is CCOc1c(/C(C)=C/C(=O)NC2CCCCC2)cc2c(C)c(C)oc2c1C. The van der Waals surface area contributed by atoms with Crippen molar-refractivity contribution in [2.24, 2.45) is 0 Å². The van der Waals surface area contributed by atoms with E-state index in [-0.39, 0.29) is 5.91 Å². The standard InChI is InChI=1S/C23H31NO3/c1-6-26-22-16(4)23-20(15(3)17(5)27-23)13-19(22)14(2)12-21(25)24-18-10-8-7-9-11-18/h12-13,18H,6-11H2,1-5H3,(H,24,25)/b14-12+. The van der Waals surface area contributed by atoms with Gasteiger partial charge in [0, 0.05) is 28.6 Å². The van der Waals surface area contributed by atoms with E-state index < -0.39 is 0 Å². The smallest absolute Gasteiger partial charge is 0.244 e. The molecule has 1 aromatic carbocycles. The number of carbonyl (C=O) groups is 1. The number of aryl methyl sites for hydroxylation is 3. The number of rotatable bonds is 5. The van der Waals surface area contributed by atoms with E-state index in [9.17, 15) is 4.79 Å². The zero-order chi connectivity index (χ0) is 19.6. The molecular weight excluding hydrogens is 338 g/mol. The van der Waals surface area contributed by atoms with Crippen molar-refractivity contribution in [1.29, 1.82) is 0 Å². The molecule has 1 saturated carbocycles. The molecule has 0 spiro atoms. The highest BCUT2D eigenvalue weighted by molar-refractivity contribution is 5.98. The van der Waals surface area contributed by atoms with Crippen LogP contribution in [0.5, 0.6) is 5.75 Å². The summed E-state index contributed by atoms with van der Waals surface area (Å²) in [6, 6.07) is 2.41. The molecule has 4 heteroatoms. The van der Waals surface area contributed by atoms with Gasteiger partial charge < -0.3 is 14.5 Å².